The average molecular weight is 319 g/mol. The van der Waals surface area contributed by atoms with Gasteiger partial charge in [0, 0.05) is 13.1 Å². The lowest BCUT2D eigenvalue weighted by Crippen LogP contribution is -2.42. The van der Waals surface area contributed by atoms with Crippen molar-refractivity contribution in [2.75, 3.05) is 27.0 Å². The monoisotopic (exact) mass is 319 g/mol. The molecule has 0 atom stereocenters. The van der Waals surface area contributed by atoms with Crippen LogP contribution < -0.4 is 9.47 Å². The van der Waals surface area contributed by atoms with Gasteiger partial charge in [0.05, 0.1) is 7.11 Å². The van der Waals surface area contributed by atoms with Crippen LogP contribution in [0.2, 0.25) is 0 Å². The molecule has 0 saturated carbocycles. The van der Waals surface area contributed by atoms with E-state index in [1.165, 1.54) is 12.7 Å². The van der Waals surface area contributed by atoms with Gasteiger partial charge in [-0.15, -0.1) is 0 Å². The van der Waals surface area contributed by atoms with Gasteiger partial charge >= 0.3 is 11.9 Å². The molecule has 2 heterocycles. The van der Waals surface area contributed by atoms with E-state index in [1.54, 1.807) is 4.90 Å². The lowest BCUT2D eigenvalue weighted by molar-refractivity contribution is -0.158. The van der Waals surface area contributed by atoms with Crippen molar-refractivity contribution >= 4 is 11.9 Å². The Hall–Kier alpha value is -2.24. The van der Waals surface area contributed by atoms with Crippen LogP contribution in [0.3, 0.4) is 0 Å². The summed E-state index contributed by atoms with van der Waals surface area (Å²) in [5.74, 6) is 0.900. The van der Waals surface area contributed by atoms with Gasteiger partial charge in [-0.05, 0) is 49.3 Å². The van der Waals surface area contributed by atoms with E-state index in [0.717, 1.165) is 37.2 Å². The highest BCUT2D eigenvalue weighted by Crippen LogP contribution is 2.33. The minimum atomic E-state index is -0.774. The number of fused-ring (bicyclic) bond motifs is 1. The second kappa shape index (κ2) is 6.89. The Morgan fingerprint density at radius 1 is 1.22 bits per heavy atom. The van der Waals surface area contributed by atoms with E-state index in [2.05, 4.69) is 10.8 Å². The standard InChI is InChI=1S/C17H21NO5/c1-21-17(20)16(19)18-8-6-12(7-9-18)2-3-13-4-5-14-15(10-13)23-11-22-14/h4-5,10,12H,2-3,6-9,11H2,1H3. The lowest BCUT2D eigenvalue weighted by atomic mass is 9.90. The number of amides is 1. The van der Waals surface area contributed by atoms with Crippen molar-refractivity contribution in [3.8, 4) is 11.5 Å². The molecular formula is C17H21NO5. The van der Waals surface area contributed by atoms with Crippen LogP contribution >= 0.6 is 0 Å². The molecule has 0 radical (unpaired) electrons. The molecule has 3 rings (SSSR count). The number of rotatable bonds is 3. The van der Waals surface area contributed by atoms with Gasteiger partial charge in [-0.25, -0.2) is 4.79 Å². The number of likely N-dealkylation sites (tertiary alicyclic amines) is 1. The maximum atomic E-state index is 11.7. The number of benzene rings is 1. The van der Waals surface area contributed by atoms with Crippen molar-refractivity contribution in [1.82, 2.24) is 4.90 Å². The Morgan fingerprint density at radius 2 is 1.96 bits per heavy atom. The van der Waals surface area contributed by atoms with Crippen LogP contribution in [0, 0.1) is 5.92 Å². The Labute approximate surface area is 135 Å². The number of piperidine rings is 1. The molecular weight excluding hydrogens is 298 g/mol. The quantitative estimate of drug-likeness (QED) is 0.627. The second-order valence-corrected chi connectivity index (χ2v) is 5.95. The minimum absolute atomic E-state index is 0.297. The van der Waals surface area contributed by atoms with Crippen molar-refractivity contribution in [3.63, 3.8) is 0 Å². The second-order valence-electron chi connectivity index (χ2n) is 5.95. The summed E-state index contributed by atoms with van der Waals surface area (Å²) in [7, 11) is 1.23. The summed E-state index contributed by atoms with van der Waals surface area (Å²) in [6.45, 7) is 1.55. The predicted octanol–water partition coefficient (Wildman–Crippen LogP) is 1.76. The molecule has 2 aliphatic rings. The van der Waals surface area contributed by atoms with E-state index >= 15 is 0 Å². The number of carbonyl (C=O) groups is 2. The van der Waals surface area contributed by atoms with Crippen molar-refractivity contribution in [2.45, 2.75) is 25.7 Å². The van der Waals surface area contributed by atoms with Crippen molar-refractivity contribution in [3.05, 3.63) is 23.8 Å². The maximum Gasteiger partial charge on any atom is 0.396 e. The molecule has 1 aromatic carbocycles. The van der Waals surface area contributed by atoms with Crippen LogP contribution in [0.25, 0.3) is 0 Å². The summed E-state index contributed by atoms with van der Waals surface area (Å²) in [6, 6.07) is 6.07. The first-order chi connectivity index (χ1) is 11.2. The molecule has 6 nitrogen and oxygen atoms in total. The fourth-order valence-corrected chi connectivity index (χ4v) is 3.11. The number of nitrogens with zero attached hydrogens (tertiary/aromatic N) is 1. The van der Waals surface area contributed by atoms with E-state index in [0.29, 0.717) is 25.8 Å². The van der Waals surface area contributed by atoms with Crippen LogP contribution in [0.5, 0.6) is 11.5 Å². The molecule has 1 aromatic rings. The fourth-order valence-electron chi connectivity index (χ4n) is 3.11. The van der Waals surface area contributed by atoms with E-state index in [4.69, 9.17) is 9.47 Å². The fraction of sp³-hybridized carbons (Fsp3) is 0.529. The zero-order valence-corrected chi connectivity index (χ0v) is 13.2. The summed E-state index contributed by atoms with van der Waals surface area (Å²) in [6.07, 6.45) is 3.90. The Balaban J connectivity index is 1.46. The average Bonchev–Trinajstić information content (AvgIpc) is 3.06. The first-order valence-corrected chi connectivity index (χ1v) is 7.93. The number of aryl methyl sites for hydroxylation is 1. The van der Waals surface area contributed by atoms with Crippen LogP contribution in [0.1, 0.15) is 24.8 Å². The number of esters is 1. The molecule has 0 spiro atoms. The van der Waals surface area contributed by atoms with Crippen LogP contribution in [0.15, 0.2) is 18.2 Å². The first-order valence-electron chi connectivity index (χ1n) is 7.93. The number of ether oxygens (including phenoxy) is 3. The zero-order chi connectivity index (χ0) is 16.2. The molecule has 23 heavy (non-hydrogen) atoms. The summed E-state index contributed by atoms with van der Waals surface area (Å²) >= 11 is 0. The third kappa shape index (κ3) is 3.57. The third-order valence-electron chi connectivity index (χ3n) is 4.54. The van der Waals surface area contributed by atoms with Gasteiger partial charge in [0.15, 0.2) is 11.5 Å². The lowest BCUT2D eigenvalue weighted by Gasteiger charge is -2.31. The van der Waals surface area contributed by atoms with Gasteiger partial charge in [-0.1, -0.05) is 6.07 Å². The summed E-state index contributed by atoms with van der Waals surface area (Å²) < 4.78 is 15.2. The molecule has 124 valence electrons. The highest BCUT2D eigenvalue weighted by molar-refractivity contribution is 6.32. The normalized spacial score (nSPS) is 17.2. The minimum Gasteiger partial charge on any atom is -0.462 e. The number of hydrogen-bond donors (Lipinski definition) is 0. The topological polar surface area (TPSA) is 65.1 Å². The molecule has 1 fully saturated rings. The first kappa shape index (κ1) is 15.6. The molecule has 0 unspecified atom stereocenters. The third-order valence-corrected chi connectivity index (χ3v) is 4.54. The molecule has 0 aliphatic carbocycles. The molecule has 0 aromatic heterocycles. The molecule has 1 amide bonds. The van der Waals surface area contributed by atoms with Gasteiger partial charge in [-0.3, -0.25) is 4.79 Å². The highest BCUT2D eigenvalue weighted by Gasteiger charge is 2.27. The van der Waals surface area contributed by atoms with Gasteiger partial charge in [0.25, 0.3) is 0 Å². The SMILES string of the molecule is COC(=O)C(=O)N1CCC(CCc2ccc3c(c2)OCO3)CC1. The Bertz CT molecular complexity index is 593. The highest BCUT2D eigenvalue weighted by atomic mass is 16.7. The van der Waals surface area contributed by atoms with Gasteiger partial charge in [0.2, 0.25) is 6.79 Å². The molecule has 0 N–H and O–H groups in total. The number of carbonyl (C=O) groups excluding carboxylic acids is 2. The van der Waals surface area contributed by atoms with E-state index in [-0.39, 0.29) is 0 Å². The van der Waals surface area contributed by atoms with Crippen LogP contribution in [0.4, 0.5) is 0 Å². The van der Waals surface area contributed by atoms with E-state index in [1.807, 2.05) is 12.1 Å². The number of methoxy groups -OCH3 is 1. The maximum absolute atomic E-state index is 11.7. The van der Waals surface area contributed by atoms with E-state index < -0.39 is 11.9 Å². The Kier molecular flexibility index (Phi) is 4.69. The molecule has 0 bridgehead atoms. The molecule has 2 aliphatic heterocycles. The largest absolute Gasteiger partial charge is 0.462 e. The number of hydrogen-bond acceptors (Lipinski definition) is 5. The Morgan fingerprint density at radius 3 is 2.70 bits per heavy atom. The zero-order valence-electron chi connectivity index (χ0n) is 13.2. The van der Waals surface area contributed by atoms with Gasteiger partial charge in [0.1, 0.15) is 0 Å². The van der Waals surface area contributed by atoms with Gasteiger partial charge in [-0.2, -0.15) is 0 Å². The summed E-state index contributed by atoms with van der Waals surface area (Å²) in [4.78, 5) is 24.6. The van der Waals surface area contributed by atoms with Crippen LogP contribution in [-0.2, 0) is 20.7 Å². The van der Waals surface area contributed by atoms with Gasteiger partial charge < -0.3 is 19.1 Å². The van der Waals surface area contributed by atoms with Crippen LogP contribution in [-0.4, -0.2) is 43.8 Å². The predicted molar refractivity (Wildman–Crippen MR) is 82.2 cm³/mol. The molecule has 1 saturated heterocycles. The van der Waals surface area contributed by atoms with E-state index in [9.17, 15) is 9.59 Å². The summed E-state index contributed by atoms with van der Waals surface area (Å²) in [5.41, 5.74) is 1.24. The van der Waals surface area contributed by atoms with Crippen molar-refractivity contribution in [2.24, 2.45) is 5.92 Å². The van der Waals surface area contributed by atoms with Crippen molar-refractivity contribution in [1.29, 1.82) is 0 Å². The van der Waals surface area contributed by atoms with Crippen molar-refractivity contribution < 1.29 is 23.8 Å². The summed E-state index contributed by atoms with van der Waals surface area (Å²) in [5, 5.41) is 0. The smallest absolute Gasteiger partial charge is 0.396 e. The molecule has 6 heteroatoms.